The number of rotatable bonds is 2. The van der Waals surface area contributed by atoms with E-state index in [2.05, 4.69) is 11.1 Å². The number of nitrogens with zero attached hydrogens (tertiary/aromatic N) is 2. The van der Waals surface area contributed by atoms with Crippen LogP contribution in [0.4, 0.5) is 0 Å². The number of ether oxygens (including phenoxy) is 1. The summed E-state index contributed by atoms with van der Waals surface area (Å²) in [4.78, 5) is 4.37. The predicted octanol–water partition coefficient (Wildman–Crippen LogP) is 5.21. The van der Waals surface area contributed by atoms with Crippen LogP contribution in [0.2, 0.25) is 10.0 Å². The number of aromatic nitrogens is 1. The van der Waals surface area contributed by atoms with Gasteiger partial charge in [-0.2, -0.15) is 5.26 Å². The van der Waals surface area contributed by atoms with Gasteiger partial charge in [0.15, 0.2) is 0 Å². The summed E-state index contributed by atoms with van der Waals surface area (Å²) in [5.74, 6) is 0.573. The molecular formula is C16H8Cl2N2O. The van der Waals surface area contributed by atoms with Gasteiger partial charge >= 0.3 is 0 Å². The third kappa shape index (κ3) is 2.78. The smallest absolute Gasteiger partial charge is 0.237 e. The van der Waals surface area contributed by atoms with E-state index in [1.54, 1.807) is 24.3 Å². The highest BCUT2D eigenvalue weighted by Gasteiger charge is 2.11. The van der Waals surface area contributed by atoms with Crippen molar-refractivity contribution in [3.63, 3.8) is 0 Å². The summed E-state index contributed by atoms with van der Waals surface area (Å²) in [7, 11) is 0. The van der Waals surface area contributed by atoms with Crippen LogP contribution in [0.3, 0.4) is 0 Å². The van der Waals surface area contributed by atoms with Crippen molar-refractivity contribution >= 4 is 34.1 Å². The van der Waals surface area contributed by atoms with Crippen molar-refractivity contribution in [2.24, 2.45) is 0 Å². The molecule has 5 heteroatoms. The molecule has 1 heterocycles. The highest BCUT2D eigenvalue weighted by atomic mass is 35.5. The van der Waals surface area contributed by atoms with Crippen molar-refractivity contribution in [1.29, 1.82) is 5.26 Å². The van der Waals surface area contributed by atoms with Crippen LogP contribution < -0.4 is 4.74 Å². The Kier molecular flexibility index (Phi) is 3.66. The number of hydrogen-bond acceptors (Lipinski definition) is 3. The van der Waals surface area contributed by atoms with Gasteiger partial charge in [0, 0.05) is 16.5 Å². The summed E-state index contributed by atoms with van der Waals surface area (Å²) < 4.78 is 5.67. The van der Waals surface area contributed by atoms with E-state index in [-0.39, 0.29) is 5.88 Å². The van der Waals surface area contributed by atoms with Gasteiger partial charge in [-0.05, 0) is 24.3 Å². The number of nitriles is 1. The van der Waals surface area contributed by atoms with Crippen LogP contribution in [0.25, 0.3) is 10.9 Å². The fourth-order valence-electron chi connectivity index (χ4n) is 1.92. The van der Waals surface area contributed by atoms with Crippen molar-refractivity contribution in [3.8, 4) is 17.7 Å². The molecule has 0 aliphatic rings. The maximum Gasteiger partial charge on any atom is 0.237 e. The predicted molar refractivity (Wildman–Crippen MR) is 83.0 cm³/mol. The van der Waals surface area contributed by atoms with Crippen LogP contribution in [-0.4, -0.2) is 4.98 Å². The van der Waals surface area contributed by atoms with E-state index in [1.807, 2.05) is 24.3 Å². The molecule has 0 spiro atoms. The van der Waals surface area contributed by atoms with Crippen LogP contribution in [0.1, 0.15) is 5.56 Å². The van der Waals surface area contributed by atoms with Gasteiger partial charge in [0.25, 0.3) is 0 Å². The first-order valence-electron chi connectivity index (χ1n) is 6.10. The first-order chi connectivity index (χ1) is 10.2. The minimum atomic E-state index is 0.209. The number of hydrogen-bond donors (Lipinski definition) is 0. The number of benzene rings is 2. The van der Waals surface area contributed by atoms with Crippen LogP contribution in [-0.2, 0) is 0 Å². The van der Waals surface area contributed by atoms with E-state index < -0.39 is 0 Å². The van der Waals surface area contributed by atoms with Gasteiger partial charge < -0.3 is 4.74 Å². The summed E-state index contributed by atoms with van der Waals surface area (Å²) in [6, 6.07) is 16.2. The van der Waals surface area contributed by atoms with Crippen molar-refractivity contribution in [1.82, 2.24) is 4.98 Å². The first-order valence-corrected chi connectivity index (χ1v) is 6.86. The van der Waals surface area contributed by atoms with Gasteiger partial charge in [-0.25, -0.2) is 4.98 Å². The molecule has 0 aliphatic heterocycles. The quantitative estimate of drug-likeness (QED) is 0.652. The molecule has 102 valence electrons. The van der Waals surface area contributed by atoms with Gasteiger partial charge in [-0.1, -0.05) is 41.4 Å². The first kappa shape index (κ1) is 13.7. The lowest BCUT2D eigenvalue weighted by Crippen LogP contribution is -1.93. The van der Waals surface area contributed by atoms with Crippen molar-refractivity contribution in [2.75, 3.05) is 0 Å². The second kappa shape index (κ2) is 5.61. The Morgan fingerprint density at radius 2 is 1.86 bits per heavy atom. The molecular weight excluding hydrogens is 307 g/mol. The van der Waals surface area contributed by atoms with Gasteiger partial charge in [-0.3, -0.25) is 0 Å². The zero-order chi connectivity index (χ0) is 14.8. The van der Waals surface area contributed by atoms with E-state index in [0.717, 1.165) is 10.9 Å². The molecule has 0 radical (unpaired) electrons. The van der Waals surface area contributed by atoms with Crippen molar-refractivity contribution in [2.45, 2.75) is 0 Å². The third-order valence-electron chi connectivity index (χ3n) is 2.91. The Bertz CT molecular complexity index is 872. The lowest BCUT2D eigenvalue weighted by atomic mass is 10.1. The van der Waals surface area contributed by atoms with E-state index >= 15 is 0 Å². The largest absolute Gasteiger partial charge is 0.436 e. The summed E-state index contributed by atoms with van der Waals surface area (Å²) in [6.45, 7) is 0. The standard InChI is InChI=1S/C16H8Cl2N2O/c17-12-5-6-13(18)15(8-12)21-16-11(9-19)7-10-3-1-2-4-14(10)20-16/h1-8H. The molecule has 0 unspecified atom stereocenters. The minimum Gasteiger partial charge on any atom is -0.436 e. The second-order valence-corrected chi connectivity index (χ2v) is 5.17. The van der Waals surface area contributed by atoms with E-state index in [4.69, 9.17) is 27.9 Å². The van der Waals surface area contributed by atoms with Crippen LogP contribution >= 0.6 is 23.2 Å². The van der Waals surface area contributed by atoms with Gasteiger partial charge in [0.05, 0.1) is 10.5 Å². The molecule has 21 heavy (non-hydrogen) atoms. The fourth-order valence-corrected chi connectivity index (χ4v) is 2.23. The number of fused-ring (bicyclic) bond motifs is 1. The maximum absolute atomic E-state index is 9.25. The lowest BCUT2D eigenvalue weighted by molar-refractivity contribution is 0.463. The molecule has 1 aromatic heterocycles. The summed E-state index contributed by atoms with van der Waals surface area (Å²) in [5, 5.41) is 11.0. The lowest BCUT2D eigenvalue weighted by Gasteiger charge is -2.09. The molecule has 0 atom stereocenters. The molecule has 0 bridgehead atoms. The Labute approximate surface area is 131 Å². The third-order valence-corrected chi connectivity index (χ3v) is 3.46. The molecule has 0 saturated heterocycles. The monoisotopic (exact) mass is 314 g/mol. The van der Waals surface area contributed by atoms with Gasteiger partial charge in [0.1, 0.15) is 17.4 Å². The maximum atomic E-state index is 9.25. The summed E-state index contributed by atoms with van der Waals surface area (Å²) in [5.41, 5.74) is 1.08. The number of halogens is 2. The Morgan fingerprint density at radius 1 is 1.05 bits per heavy atom. The molecule has 3 nitrogen and oxygen atoms in total. The Hall–Kier alpha value is -2.28. The molecule has 0 aliphatic carbocycles. The van der Waals surface area contributed by atoms with Crippen molar-refractivity contribution < 1.29 is 4.74 Å². The molecule has 0 saturated carbocycles. The zero-order valence-corrected chi connectivity index (χ0v) is 12.2. The van der Waals surface area contributed by atoms with Gasteiger partial charge in [-0.15, -0.1) is 0 Å². The number of para-hydroxylation sites is 1. The topological polar surface area (TPSA) is 45.9 Å². The van der Waals surface area contributed by atoms with Crippen LogP contribution in [0.15, 0.2) is 48.5 Å². The molecule has 2 aromatic carbocycles. The second-order valence-electron chi connectivity index (χ2n) is 4.32. The normalized spacial score (nSPS) is 10.3. The summed E-state index contributed by atoms with van der Waals surface area (Å²) >= 11 is 12.0. The van der Waals surface area contributed by atoms with E-state index in [1.165, 1.54) is 0 Å². The van der Waals surface area contributed by atoms with Crippen LogP contribution in [0, 0.1) is 11.3 Å². The summed E-state index contributed by atoms with van der Waals surface area (Å²) in [6.07, 6.45) is 0. The van der Waals surface area contributed by atoms with E-state index in [9.17, 15) is 5.26 Å². The minimum absolute atomic E-state index is 0.209. The van der Waals surface area contributed by atoms with Crippen LogP contribution in [0.5, 0.6) is 11.6 Å². The molecule has 3 aromatic rings. The van der Waals surface area contributed by atoms with Crippen molar-refractivity contribution in [3.05, 3.63) is 64.1 Å². The molecule has 0 fully saturated rings. The average molecular weight is 315 g/mol. The Balaban J connectivity index is 2.11. The van der Waals surface area contributed by atoms with Gasteiger partial charge in [0.2, 0.25) is 5.88 Å². The molecule has 0 N–H and O–H groups in total. The fraction of sp³-hybridized carbons (Fsp3) is 0. The molecule has 0 amide bonds. The highest BCUT2D eigenvalue weighted by molar-refractivity contribution is 6.34. The average Bonchev–Trinajstić information content (AvgIpc) is 2.50. The molecule has 3 rings (SSSR count). The SMILES string of the molecule is N#Cc1cc2ccccc2nc1Oc1cc(Cl)ccc1Cl. The Morgan fingerprint density at radius 3 is 2.67 bits per heavy atom. The highest BCUT2D eigenvalue weighted by Crippen LogP contribution is 2.33. The van der Waals surface area contributed by atoms with E-state index in [0.29, 0.717) is 21.4 Å². The zero-order valence-electron chi connectivity index (χ0n) is 10.7. The number of pyridine rings is 1.